The van der Waals surface area contributed by atoms with Crippen molar-refractivity contribution in [2.24, 2.45) is 0 Å². The topological polar surface area (TPSA) is 43.1 Å². The molecule has 0 saturated heterocycles. The molecule has 2 rings (SSSR count). The zero-order chi connectivity index (χ0) is 13.2. The molecule has 1 unspecified atom stereocenters. The number of nitrogens with zero attached hydrogens (tertiary/aromatic N) is 1. The van der Waals surface area contributed by atoms with Gasteiger partial charge in [-0.15, -0.1) is 11.6 Å². The number of nitro benzene ring substituents is 1. The van der Waals surface area contributed by atoms with Crippen LogP contribution in [0, 0.1) is 10.1 Å². The van der Waals surface area contributed by atoms with E-state index in [0.717, 1.165) is 4.90 Å². The van der Waals surface area contributed by atoms with Crippen molar-refractivity contribution in [2.75, 3.05) is 0 Å². The van der Waals surface area contributed by atoms with Crippen LogP contribution < -0.4 is 0 Å². The highest BCUT2D eigenvalue weighted by Gasteiger charge is 2.28. The van der Waals surface area contributed by atoms with Crippen molar-refractivity contribution in [3.05, 3.63) is 57.6 Å². The third-order valence-corrected chi connectivity index (χ3v) is 4.25. The molecule has 3 nitrogen and oxygen atoms in total. The number of thioether (sulfide) groups is 1. The lowest BCUT2D eigenvalue weighted by Crippen LogP contribution is -2.14. The summed E-state index contributed by atoms with van der Waals surface area (Å²) in [7, 11) is 0. The first-order valence-electron chi connectivity index (χ1n) is 5.15. The second-order valence-corrected chi connectivity index (χ2v) is 6.58. The smallest absolute Gasteiger partial charge is 0.258 e. The minimum absolute atomic E-state index is 0.0695. The van der Waals surface area contributed by atoms with E-state index in [1.165, 1.54) is 23.9 Å². The van der Waals surface area contributed by atoms with E-state index in [-0.39, 0.29) is 5.69 Å². The predicted octanol–water partition coefficient (Wildman–Crippen LogP) is 4.70. The first-order valence-corrected chi connectivity index (χ1v) is 6.72. The second-order valence-electron chi connectivity index (χ2n) is 3.79. The Hall–Kier alpha value is -0.970. The standard InChI is InChI=1S/C12H9Cl2NO2S/c13-9-2-1-7-12(14,8-9)18-11-5-3-10(4-6-11)15(16)17/h1-7H,8H2. The van der Waals surface area contributed by atoms with Crippen molar-refractivity contribution in [1.29, 1.82) is 0 Å². The average Bonchev–Trinajstić information content (AvgIpc) is 2.28. The molecule has 1 atom stereocenters. The van der Waals surface area contributed by atoms with Gasteiger partial charge in [0.25, 0.3) is 5.69 Å². The van der Waals surface area contributed by atoms with Gasteiger partial charge >= 0.3 is 0 Å². The van der Waals surface area contributed by atoms with E-state index in [0.29, 0.717) is 11.5 Å². The van der Waals surface area contributed by atoms with Crippen molar-refractivity contribution in [1.82, 2.24) is 0 Å². The highest BCUT2D eigenvalue weighted by Crippen LogP contribution is 2.45. The number of non-ortho nitro benzene ring substituents is 1. The van der Waals surface area contributed by atoms with E-state index < -0.39 is 9.13 Å². The molecular weight excluding hydrogens is 293 g/mol. The Bertz CT molecular complexity index is 527. The summed E-state index contributed by atoms with van der Waals surface area (Å²) in [5, 5.41) is 11.2. The molecule has 0 bridgehead atoms. The zero-order valence-corrected chi connectivity index (χ0v) is 11.5. The Morgan fingerprint density at radius 2 is 2.00 bits per heavy atom. The van der Waals surface area contributed by atoms with Crippen LogP contribution >= 0.6 is 35.0 Å². The zero-order valence-electron chi connectivity index (χ0n) is 9.18. The highest BCUT2D eigenvalue weighted by molar-refractivity contribution is 8.02. The largest absolute Gasteiger partial charge is 0.269 e. The number of hydrogen-bond acceptors (Lipinski definition) is 3. The van der Waals surface area contributed by atoms with E-state index in [9.17, 15) is 10.1 Å². The molecule has 6 heteroatoms. The van der Waals surface area contributed by atoms with Crippen LogP contribution in [0.3, 0.4) is 0 Å². The average molecular weight is 302 g/mol. The van der Waals surface area contributed by atoms with Crippen LogP contribution in [0.1, 0.15) is 6.42 Å². The molecule has 0 heterocycles. The van der Waals surface area contributed by atoms with Crippen LogP contribution in [-0.4, -0.2) is 9.13 Å². The minimum atomic E-state index is -0.623. The summed E-state index contributed by atoms with van der Waals surface area (Å²) in [6.07, 6.45) is 6.02. The molecule has 1 aliphatic carbocycles. The van der Waals surface area contributed by atoms with E-state index in [4.69, 9.17) is 23.2 Å². The molecular formula is C12H9Cl2NO2S. The van der Waals surface area contributed by atoms with Gasteiger partial charge in [0.1, 0.15) is 4.21 Å². The minimum Gasteiger partial charge on any atom is -0.258 e. The van der Waals surface area contributed by atoms with Gasteiger partial charge in [-0.2, -0.15) is 0 Å². The van der Waals surface area contributed by atoms with Gasteiger partial charge in [0.2, 0.25) is 0 Å². The van der Waals surface area contributed by atoms with E-state index in [2.05, 4.69) is 0 Å². The Morgan fingerprint density at radius 1 is 1.33 bits per heavy atom. The highest BCUT2D eigenvalue weighted by atomic mass is 35.5. The monoisotopic (exact) mass is 301 g/mol. The Labute approximate surface area is 119 Å². The molecule has 0 saturated carbocycles. The van der Waals surface area contributed by atoms with Gasteiger partial charge in [0.15, 0.2) is 0 Å². The van der Waals surface area contributed by atoms with Crippen molar-refractivity contribution < 1.29 is 4.92 Å². The summed E-state index contributed by atoms with van der Waals surface area (Å²) in [6, 6.07) is 6.30. The van der Waals surface area contributed by atoms with Crippen LogP contribution in [0.5, 0.6) is 0 Å². The van der Waals surface area contributed by atoms with E-state index in [1.54, 1.807) is 18.2 Å². The third-order valence-electron chi connectivity index (χ3n) is 2.37. The van der Waals surface area contributed by atoms with Crippen LogP contribution in [-0.2, 0) is 0 Å². The quantitative estimate of drug-likeness (QED) is 0.461. The van der Waals surface area contributed by atoms with E-state index in [1.807, 2.05) is 12.2 Å². The normalized spacial score (nSPS) is 22.7. The molecule has 94 valence electrons. The molecule has 0 fully saturated rings. The predicted molar refractivity (Wildman–Crippen MR) is 75.2 cm³/mol. The summed E-state index contributed by atoms with van der Waals surface area (Å²) < 4.78 is -0.623. The Balaban J connectivity index is 2.12. The Kier molecular flexibility index (Phi) is 4.00. The van der Waals surface area contributed by atoms with Crippen molar-refractivity contribution in [3.63, 3.8) is 0 Å². The fourth-order valence-corrected chi connectivity index (χ4v) is 3.50. The molecule has 0 amide bonds. The maximum atomic E-state index is 10.5. The molecule has 18 heavy (non-hydrogen) atoms. The summed E-state index contributed by atoms with van der Waals surface area (Å²) >= 11 is 13.8. The van der Waals surface area contributed by atoms with Gasteiger partial charge in [-0.05, 0) is 18.2 Å². The lowest BCUT2D eigenvalue weighted by atomic mass is 10.2. The van der Waals surface area contributed by atoms with Gasteiger partial charge in [-0.3, -0.25) is 10.1 Å². The van der Waals surface area contributed by atoms with Crippen molar-refractivity contribution >= 4 is 40.7 Å². The molecule has 1 aliphatic rings. The maximum absolute atomic E-state index is 10.5. The van der Waals surface area contributed by atoms with Gasteiger partial charge < -0.3 is 0 Å². The molecule has 1 aromatic carbocycles. The number of alkyl halides is 1. The fourth-order valence-electron chi connectivity index (χ4n) is 1.55. The van der Waals surface area contributed by atoms with E-state index >= 15 is 0 Å². The molecule has 1 aromatic rings. The van der Waals surface area contributed by atoms with Crippen LogP contribution in [0.25, 0.3) is 0 Å². The summed E-state index contributed by atoms with van der Waals surface area (Å²) in [5.74, 6) is 0. The van der Waals surface area contributed by atoms with Crippen LogP contribution in [0.2, 0.25) is 0 Å². The number of benzene rings is 1. The number of allylic oxidation sites excluding steroid dienone is 3. The second kappa shape index (κ2) is 5.34. The first-order chi connectivity index (χ1) is 8.48. The van der Waals surface area contributed by atoms with Gasteiger partial charge in [-0.1, -0.05) is 35.5 Å². The molecule has 0 N–H and O–H groups in total. The van der Waals surface area contributed by atoms with Gasteiger partial charge in [-0.25, -0.2) is 0 Å². The van der Waals surface area contributed by atoms with Gasteiger partial charge in [0.05, 0.1) is 4.92 Å². The lowest BCUT2D eigenvalue weighted by molar-refractivity contribution is -0.384. The van der Waals surface area contributed by atoms with Crippen LogP contribution in [0.4, 0.5) is 5.69 Å². The maximum Gasteiger partial charge on any atom is 0.269 e. The van der Waals surface area contributed by atoms with Crippen LogP contribution in [0.15, 0.2) is 52.4 Å². The number of halogens is 2. The molecule has 0 aromatic heterocycles. The third kappa shape index (κ3) is 3.28. The van der Waals surface area contributed by atoms with Crippen molar-refractivity contribution in [2.45, 2.75) is 15.5 Å². The fraction of sp³-hybridized carbons (Fsp3) is 0.167. The number of rotatable bonds is 3. The molecule has 0 aliphatic heterocycles. The summed E-state index contributed by atoms with van der Waals surface area (Å²) in [4.78, 5) is 11.0. The molecule has 0 radical (unpaired) electrons. The Morgan fingerprint density at radius 3 is 2.56 bits per heavy atom. The number of hydrogen-bond donors (Lipinski definition) is 0. The lowest BCUT2D eigenvalue weighted by Gasteiger charge is -2.24. The summed E-state index contributed by atoms with van der Waals surface area (Å²) in [6.45, 7) is 0. The molecule has 0 spiro atoms. The van der Waals surface area contributed by atoms with Gasteiger partial charge in [0, 0.05) is 28.5 Å². The SMILES string of the molecule is O=[N+]([O-])c1ccc(SC2(Cl)C=CC=C(Cl)C2)cc1. The number of nitro groups is 1. The first kappa shape index (κ1) is 13.5. The summed E-state index contributed by atoms with van der Waals surface area (Å²) in [5.41, 5.74) is 0.0695. The van der Waals surface area contributed by atoms with Crippen molar-refractivity contribution in [3.8, 4) is 0 Å².